The molecule has 0 saturated carbocycles. The Kier molecular flexibility index (Phi) is 4.70. The van der Waals surface area contributed by atoms with Crippen LogP contribution in [-0.2, 0) is 10.5 Å². The van der Waals surface area contributed by atoms with Gasteiger partial charge in [0.2, 0.25) is 5.72 Å². The Morgan fingerprint density at radius 1 is 1.04 bits per heavy atom. The predicted molar refractivity (Wildman–Crippen MR) is 109 cm³/mol. The molecule has 4 heteroatoms. The van der Waals surface area contributed by atoms with Crippen LogP contribution in [0.15, 0.2) is 78.7 Å². The monoisotopic (exact) mass is 371 g/mol. The lowest BCUT2D eigenvalue weighted by Gasteiger charge is -2.26. The fourth-order valence-corrected chi connectivity index (χ4v) is 3.44. The Balaban J connectivity index is 1.40. The van der Waals surface area contributed by atoms with Crippen LogP contribution in [0.1, 0.15) is 46.0 Å². The number of ketones is 1. The number of fused-ring (bicyclic) bond motifs is 1. The van der Waals surface area contributed by atoms with Gasteiger partial charge in [0.05, 0.1) is 0 Å². The molecule has 4 rings (SSSR count). The molecule has 3 aromatic rings. The molecule has 0 fully saturated rings. The van der Waals surface area contributed by atoms with Gasteiger partial charge in [-0.2, -0.15) is 0 Å². The molecule has 4 nitrogen and oxygen atoms in total. The van der Waals surface area contributed by atoms with Gasteiger partial charge in [0, 0.05) is 28.8 Å². The third kappa shape index (κ3) is 3.54. The fraction of sp³-hybridized carbons (Fsp3) is 0.167. The smallest absolute Gasteiger partial charge is 0.203 e. The molecule has 3 aromatic carbocycles. The lowest BCUT2D eigenvalue weighted by molar-refractivity contribution is 0.0393. The SMILES string of the molecule is CC1(c2ccc3ccccc3c2)NC(CCC(=O)c2ccc(C=O)cc2)=CO1. The van der Waals surface area contributed by atoms with Gasteiger partial charge < -0.3 is 10.1 Å². The highest BCUT2D eigenvalue weighted by Gasteiger charge is 2.33. The Hall–Kier alpha value is -3.40. The standard InChI is InChI=1S/C24H21NO3/c1-24(21-11-10-18-4-2-3-5-20(18)14-21)25-22(16-28-24)12-13-23(27)19-8-6-17(15-26)7-9-19/h2-11,14-16,25H,12-13H2,1H3. The second-order valence-electron chi connectivity index (χ2n) is 7.14. The molecule has 0 aromatic heterocycles. The number of carbonyl (C=O) groups excluding carboxylic acids is 2. The zero-order chi connectivity index (χ0) is 19.6. The first kappa shape index (κ1) is 18.0. The van der Waals surface area contributed by atoms with Gasteiger partial charge in [-0.25, -0.2) is 0 Å². The second kappa shape index (κ2) is 7.31. The van der Waals surface area contributed by atoms with Gasteiger partial charge in [0.1, 0.15) is 12.5 Å². The highest BCUT2D eigenvalue weighted by molar-refractivity contribution is 5.96. The quantitative estimate of drug-likeness (QED) is 0.492. The number of benzene rings is 3. The predicted octanol–water partition coefficient (Wildman–Crippen LogP) is 4.95. The third-order valence-corrected chi connectivity index (χ3v) is 5.13. The molecule has 0 aliphatic carbocycles. The van der Waals surface area contributed by atoms with Crippen molar-refractivity contribution < 1.29 is 14.3 Å². The summed E-state index contributed by atoms with van der Waals surface area (Å²) in [7, 11) is 0. The van der Waals surface area contributed by atoms with Crippen LogP contribution in [0.4, 0.5) is 0 Å². The maximum atomic E-state index is 12.4. The summed E-state index contributed by atoms with van der Waals surface area (Å²) in [5.74, 6) is 0.0412. The molecule has 1 heterocycles. The number of rotatable bonds is 6. The molecule has 1 aliphatic heterocycles. The summed E-state index contributed by atoms with van der Waals surface area (Å²) in [5, 5.41) is 5.76. The van der Waals surface area contributed by atoms with E-state index in [0.717, 1.165) is 22.9 Å². The minimum absolute atomic E-state index is 0.0412. The van der Waals surface area contributed by atoms with Gasteiger partial charge in [0.15, 0.2) is 5.78 Å². The van der Waals surface area contributed by atoms with Crippen molar-refractivity contribution in [3.63, 3.8) is 0 Å². The molecule has 1 aliphatic rings. The Morgan fingerprint density at radius 2 is 1.79 bits per heavy atom. The van der Waals surface area contributed by atoms with E-state index in [4.69, 9.17) is 4.74 Å². The van der Waals surface area contributed by atoms with E-state index in [1.165, 1.54) is 5.39 Å². The molecule has 0 radical (unpaired) electrons. The van der Waals surface area contributed by atoms with Crippen LogP contribution in [-0.4, -0.2) is 12.1 Å². The highest BCUT2D eigenvalue weighted by Crippen LogP contribution is 2.32. The average molecular weight is 371 g/mol. The molecule has 1 atom stereocenters. The summed E-state index contributed by atoms with van der Waals surface area (Å²) in [4.78, 5) is 23.1. The molecular formula is C24H21NO3. The Labute approximate surface area is 163 Å². The molecular weight excluding hydrogens is 350 g/mol. The lowest BCUT2D eigenvalue weighted by atomic mass is 9.99. The first-order chi connectivity index (χ1) is 13.6. The average Bonchev–Trinajstić information content (AvgIpc) is 3.14. The summed E-state index contributed by atoms with van der Waals surface area (Å²) in [6.45, 7) is 1.99. The van der Waals surface area contributed by atoms with Gasteiger partial charge >= 0.3 is 0 Å². The normalized spacial score (nSPS) is 18.2. The van der Waals surface area contributed by atoms with Crippen LogP contribution < -0.4 is 5.32 Å². The molecule has 0 spiro atoms. The van der Waals surface area contributed by atoms with E-state index < -0.39 is 5.72 Å². The van der Waals surface area contributed by atoms with Crippen molar-refractivity contribution in [3.8, 4) is 0 Å². The molecule has 0 amide bonds. The molecule has 0 saturated heterocycles. The lowest BCUT2D eigenvalue weighted by Crippen LogP contribution is -2.35. The second-order valence-corrected chi connectivity index (χ2v) is 7.14. The molecule has 0 bridgehead atoms. The Morgan fingerprint density at radius 3 is 2.54 bits per heavy atom. The minimum Gasteiger partial charge on any atom is -0.470 e. The molecule has 1 N–H and O–H groups in total. The largest absolute Gasteiger partial charge is 0.470 e. The van der Waals surface area contributed by atoms with Gasteiger partial charge in [-0.05, 0) is 30.2 Å². The van der Waals surface area contributed by atoms with Crippen LogP contribution in [0.2, 0.25) is 0 Å². The zero-order valence-electron chi connectivity index (χ0n) is 15.6. The van der Waals surface area contributed by atoms with Crippen molar-refractivity contribution in [2.75, 3.05) is 0 Å². The van der Waals surface area contributed by atoms with E-state index in [-0.39, 0.29) is 5.78 Å². The first-order valence-corrected chi connectivity index (χ1v) is 9.30. The number of aldehydes is 1. The number of hydrogen-bond donors (Lipinski definition) is 1. The highest BCUT2D eigenvalue weighted by atomic mass is 16.5. The van der Waals surface area contributed by atoms with Crippen LogP contribution in [0.5, 0.6) is 0 Å². The van der Waals surface area contributed by atoms with Crippen LogP contribution in [0, 0.1) is 0 Å². The topological polar surface area (TPSA) is 55.4 Å². The van der Waals surface area contributed by atoms with E-state index >= 15 is 0 Å². The molecule has 28 heavy (non-hydrogen) atoms. The summed E-state index contributed by atoms with van der Waals surface area (Å²) >= 11 is 0. The van der Waals surface area contributed by atoms with Gasteiger partial charge in [-0.3, -0.25) is 9.59 Å². The van der Waals surface area contributed by atoms with Gasteiger partial charge in [0.25, 0.3) is 0 Å². The fourth-order valence-electron chi connectivity index (χ4n) is 3.44. The van der Waals surface area contributed by atoms with Crippen molar-refractivity contribution in [2.24, 2.45) is 0 Å². The van der Waals surface area contributed by atoms with Crippen molar-refractivity contribution in [1.29, 1.82) is 0 Å². The van der Waals surface area contributed by atoms with E-state index in [2.05, 4.69) is 35.6 Å². The van der Waals surface area contributed by atoms with Crippen molar-refractivity contribution in [1.82, 2.24) is 5.32 Å². The number of hydrogen-bond acceptors (Lipinski definition) is 4. The number of carbonyl (C=O) groups is 2. The number of ether oxygens (including phenoxy) is 1. The van der Waals surface area contributed by atoms with Crippen molar-refractivity contribution in [3.05, 3.63) is 95.4 Å². The van der Waals surface area contributed by atoms with Crippen molar-refractivity contribution in [2.45, 2.75) is 25.5 Å². The van der Waals surface area contributed by atoms with E-state index in [9.17, 15) is 9.59 Å². The molecule has 140 valence electrons. The van der Waals surface area contributed by atoms with E-state index in [0.29, 0.717) is 24.0 Å². The maximum Gasteiger partial charge on any atom is 0.203 e. The summed E-state index contributed by atoms with van der Waals surface area (Å²) in [5.41, 5.74) is 2.47. The van der Waals surface area contributed by atoms with Gasteiger partial charge in [-0.1, -0.05) is 60.7 Å². The van der Waals surface area contributed by atoms with E-state index in [1.807, 2.05) is 19.1 Å². The molecule has 1 unspecified atom stereocenters. The van der Waals surface area contributed by atoms with Crippen LogP contribution in [0.3, 0.4) is 0 Å². The van der Waals surface area contributed by atoms with E-state index in [1.54, 1.807) is 30.5 Å². The summed E-state index contributed by atoms with van der Waals surface area (Å²) < 4.78 is 5.93. The zero-order valence-corrected chi connectivity index (χ0v) is 15.6. The van der Waals surface area contributed by atoms with Crippen LogP contribution >= 0.6 is 0 Å². The van der Waals surface area contributed by atoms with Crippen molar-refractivity contribution >= 4 is 22.8 Å². The first-order valence-electron chi connectivity index (χ1n) is 9.30. The number of allylic oxidation sites excluding steroid dienone is 1. The maximum absolute atomic E-state index is 12.4. The third-order valence-electron chi connectivity index (χ3n) is 5.13. The van der Waals surface area contributed by atoms with Crippen LogP contribution in [0.25, 0.3) is 10.8 Å². The minimum atomic E-state index is -0.645. The summed E-state index contributed by atoms with van der Waals surface area (Å²) in [6, 6.07) is 21.2. The van der Waals surface area contributed by atoms with Gasteiger partial charge in [-0.15, -0.1) is 0 Å². The number of nitrogens with one attached hydrogen (secondary N) is 1. The number of Topliss-reactive ketones (excluding diaryl/α,β-unsaturated/α-hetero) is 1. The Bertz CT molecular complexity index is 1070. The summed E-state index contributed by atoms with van der Waals surface area (Å²) in [6.07, 6.45) is 3.41.